The molecule has 1 aromatic carbocycles. The van der Waals surface area contributed by atoms with Crippen LogP contribution < -0.4 is 0 Å². The van der Waals surface area contributed by atoms with Gasteiger partial charge in [0.1, 0.15) is 17.4 Å². The van der Waals surface area contributed by atoms with Crippen LogP contribution in [0.4, 0.5) is 0 Å². The van der Waals surface area contributed by atoms with Gasteiger partial charge < -0.3 is 10.0 Å². The zero-order chi connectivity index (χ0) is 17.8. The number of aliphatic hydroxyl groups is 1. The van der Waals surface area contributed by atoms with Gasteiger partial charge in [-0.1, -0.05) is 44.5 Å². The molecule has 1 rings (SSSR count). The second kappa shape index (κ2) is 11.7. The molecular formula is C18H25ClN2O2. The molecule has 0 saturated carbocycles. The molecule has 126 valence electrons. The molecule has 0 aromatic heterocycles. The summed E-state index contributed by atoms with van der Waals surface area (Å²) in [5.41, 5.74) is 0.506. The highest BCUT2D eigenvalue weighted by atomic mass is 35.5. The molecule has 0 saturated heterocycles. The minimum atomic E-state index is -0.412. The van der Waals surface area contributed by atoms with E-state index in [1.807, 2.05) is 0 Å². The molecule has 0 bridgehead atoms. The first-order chi connectivity index (χ1) is 10.9. The number of hydrogen-bond donors (Lipinski definition) is 1. The molecule has 0 atom stereocenters. The summed E-state index contributed by atoms with van der Waals surface area (Å²) in [7, 11) is 0. The lowest BCUT2D eigenvalue weighted by molar-refractivity contribution is -0.114. The molecule has 1 aromatic rings. The highest BCUT2D eigenvalue weighted by Crippen LogP contribution is 2.13. The lowest BCUT2D eigenvalue weighted by atomic mass is 10.0. The SMILES string of the molecule is C/C(O)=C(\C#N)C(=O)Cc1cccc(Cl)c1.CCN(CC)CC. The third-order valence-electron chi connectivity index (χ3n) is 3.35. The first-order valence-electron chi connectivity index (χ1n) is 7.69. The molecule has 23 heavy (non-hydrogen) atoms. The summed E-state index contributed by atoms with van der Waals surface area (Å²) in [6, 6.07) is 8.51. The van der Waals surface area contributed by atoms with Crippen molar-refractivity contribution in [2.75, 3.05) is 19.6 Å². The van der Waals surface area contributed by atoms with Crippen molar-refractivity contribution in [1.82, 2.24) is 4.90 Å². The van der Waals surface area contributed by atoms with Gasteiger partial charge in [-0.05, 0) is 44.3 Å². The van der Waals surface area contributed by atoms with Crippen LogP contribution in [0.5, 0.6) is 0 Å². The lowest BCUT2D eigenvalue weighted by Gasteiger charge is -2.13. The first-order valence-corrected chi connectivity index (χ1v) is 8.07. The van der Waals surface area contributed by atoms with Gasteiger partial charge in [-0.15, -0.1) is 0 Å². The number of aliphatic hydroxyl groups excluding tert-OH is 1. The van der Waals surface area contributed by atoms with E-state index in [4.69, 9.17) is 22.0 Å². The van der Waals surface area contributed by atoms with Crippen molar-refractivity contribution >= 4 is 17.4 Å². The molecule has 0 spiro atoms. The molecule has 0 aliphatic rings. The van der Waals surface area contributed by atoms with Crippen molar-refractivity contribution in [2.45, 2.75) is 34.1 Å². The van der Waals surface area contributed by atoms with Crippen LogP contribution in [-0.4, -0.2) is 35.4 Å². The van der Waals surface area contributed by atoms with Gasteiger partial charge in [0.15, 0.2) is 5.78 Å². The van der Waals surface area contributed by atoms with E-state index >= 15 is 0 Å². The van der Waals surface area contributed by atoms with Crippen LogP contribution in [0.15, 0.2) is 35.6 Å². The fourth-order valence-corrected chi connectivity index (χ4v) is 2.15. The van der Waals surface area contributed by atoms with Gasteiger partial charge >= 0.3 is 0 Å². The second-order valence-corrected chi connectivity index (χ2v) is 5.36. The summed E-state index contributed by atoms with van der Waals surface area (Å²) < 4.78 is 0. The fraction of sp³-hybridized carbons (Fsp3) is 0.444. The standard InChI is InChI=1S/C12H10ClNO2.C6H15N/c1-8(15)11(7-14)12(16)6-9-3-2-4-10(13)5-9;1-4-7(5-2)6-3/h2-5,15H,6H2,1H3;4-6H2,1-3H3/b11-8-;. The van der Waals surface area contributed by atoms with Crippen LogP contribution in [0.25, 0.3) is 0 Å². The Labute approximate surface area is 144 Å². The first kappa shape index (κ1) is 21.2. The van der Waals surface area contributed by atoms with Crippen LogP contribution in [0, 0.1) is 11.3 Å². The van der Waals surface area contributed by atoms with Crippen LogP contribution in [0.3, 0.4) is 0 Å². The van der Waals surface area contributed by atoms with Crippen molar-refractivity contribution in [3.63, 3.8) is 0 Å². The third kappa shape index (κ3) is 8.39. The molecular weight excluding hydrogens is 312 g/mol. The predicted octanol–water partition coefficient (Wildman–Crippen LogP) is 4.16. The molecule has 0 fully saturated rings. The number of nitrogens with zero attached hydrogens (tertiary/aromatic N) is 2. The number of halogens is 1. The van der Waals surface area contributed by atoms with Gasteiger partial charge in [0.05, 0.1) is 0 Å². The van der Waals surface area contributed by atoms with Crippen molar-refractivity contribution in [3.8, 4) is 6.07 Å². The Morgan fingerprint density at radius 2 is 1.83 bits per heavy atom. The molecule has 0 aliphatic carbocycles. The number of carbonyl (C=O) groups excluding carboxylic acids is 1. The average Bonchev–Trinajstić information content (AvgIpc) is 2.50. The number of carbonyl (C=O) groups is 1. The number of hydrogen-bond acceptors (Lipinski definition) is 4. The lowest BCUT2D eigenvalue weighted by Crippen LogP contribution is -2.21. The van der Waals surface area contributed by atoms with Gasteiger partial charge in [-0.25, -0.2) is 0 Å². The zero-order valence-corrected chi connectivity index (χ0v) is 15.0. The van der Waals surface area contributed by atoms with E-state index in [2.05, 4.69) is 25.7 Å². The summed E-state index contributed by atoms with van der Waals surface area (Å²) in [6.07, 6.45) is 0.0569. The van der Waals surface area contributed by atoms with Crippen LogP contribution >= 0.6 is 11.6 Å². The quantitative estimate of drug-likeness (QED) is 0.481. The van der Waals surface area contributed by atoms with Gasteiger partial charge in [0, 0.05) is 11.4 Å². The molecule has 4 nitrogen and oxygen atoms in total. The number of Topliss-reactive ketones (excluding diaryl/α,β-unsaturated/α-hetero) is 1. The van der Waals surface area contributed by atoms with E-state index < -0.39 is 5.78 Å². The van der Waals surface area contributed by atoms with E-state index in [9.17, 15) is 4.79 Å². The van der Waals surface area contributed by atoms with Crippen molar-refractivity contribution in [3.05, 3.63) is 46.2 Å². The van der Waals surface area contributed by atoms with Crippen LogP contribution in [-0.2, 0) is 11.2 Å². The number of ketones is 1. The minimum absolute atomic E-state index is 0.0569. The van der Waals surface area contributed by atoms with Gasteiger partial charge in [-0.2, -0.15) is 5.26 Å². The highest BCUT2D eigenvalue weighted by Gasteiger charge is 2.13. The van der Waals surface area contributed by atoms with Crippen molar-refractivity contribution in [2.24, 2.45) is 0 Å². The second-order valence-electron chi connectivity index (χ2n) is 4.92. The van der Waals surface area contributed by atoms with Gasteiger partial charge in [-0.3, -0.25) is 4.79 Å². The molecule has 0 unspecified atom stereocenters. The van der Waals surface area contributed by atoms with E-state index in [1.54, 1.807) is 30.3 Å². The van der Waals surface area contributed by atoms with E-state index in [0.29, 0.717) is 10.6 Å². The minimum Gasteiger partial charge on any atom is -0.511 e. The summed E-state index contributed by atoms with van der Waals surface area (Å²) in [5.74, 6) is -0.667. The number of nitriles is 1. The number of rotatable bonds is 6. The average molecular weight is 337 g/mol. The normalized spacial score (nSPS) is 11.2. The number of allylic oxidation sites excluding steroid dienone is 2. The Morgan fingerprint density at radius 3 is 2.17 bits per heavy atom. The maximum atomic E-state index is 11.6. The summed E-state index contributed by atoms with van der Waals surface area (Å²) in [5, 5.41) is 18.3. The number of benzene rings is 1. The van der Waals surface area contributed by atoms with Crippen molar-refractivity contribution in [1.29, 1.82) is 5.26 Å². The van der Waals surface area contributed by atoms with E-state index in [1.165, 1.54) is 26.6 Å². The third-order valence-corrected chi connectivity index (χ3v) is 3.58. The highest BCUT2D eigenvalue weighted by molar-refractivity contribution is 6.30. The maximum absolute atomic E-state index is 11.6. The Kier molecular flexibility index (Phi) is 10.8. The van der Waals surface area contributed by atoms with Gasteiger partial charge in [0.2, 0.25) is 0 Å². The molecule has 1 N–H and O–H groups in total. The Balaban J connectivity index is 0.000000585. The molecule has 5 heteroatoms. The van der Waals surface area contributed by atoms with E-state index in [0.717, 1.165) is 0 Å². The Morgan fingerprint density at radius 1 is 1.26 bits per heavy atom. The summed E-state index contributed by atoms with van der Waals surface area (Å²) in [6.45, 7) is 11.4. The van der Waals surface area contributed by atoms with Crippen molar-refractivity contribution < 1.29 is 9.90 Å². The van der Waals surface area contributed by atoms with Crippen LogP contribution in [0.1, 0.15) is 33.3 Å². The van der Waals surface area contributed by atoms with E-state index in [-0.39, 0.29) is 17.8 Å². The summed E-state index contributed by atoms with van der Waals surface area (Å²) in [4.78, 5) is 14.0. The fourth-order valence-electron chi connectivity index (χ4n) is 1.94. The molecule has 0 radical (unpaired) electrons. The predicted molar refractivity (Wildman–Crippen MR) is 94.6 cm³/mol. The topological polar surface area (TPSA) is 64.3 Å². The summed E-state index contributed by atoms with van der Waals surface area (Å²) >= 11 is 5.77. The zero-order valence-electron chi connectivity index (χ0n) is 14.3. The molecule has 0 aliphatic heterocycles. The largest absolute Gasteiger partial charge is 0.511 e. The maximum Gasteiger partial charge on any atom is 0.181 e. The molecule has 0 amide bonds. The molecule has 0 heterocycles. The Bertz CT molecular complexity index is 563. The Hall–Kier alpha value is -1.83. The van der Waals surface area contributed by atoms with Crippen LogP contribution in [0.2, 0.25) is 5.02 Å². The van der Waals surface area contributed by atoms with Gasteiger partial charge in [0.25, 0.3) is 0 Å². The monoisotopic (exact) mass is 336 g/mol. The smallest absolute Gasteiger partial charge is 0.181 e.